The van der Waals surface area contributed by atoms with Gasteiger partial charge >= 0.3 is 0 Å². The highest BCUT2D eigenvalue weighted by Crippen LogP contribution is 2.42. The van der Waals surface area contributed by atoms with Crippen LogP contribution in [0.25, 0.3) is 31.9 Å². The van der Waals surface area contributed by atoms with Crippen molar-refractivity contribution in [2.45, 2.75) is 13.0 Å². The van der Waals surface area contributed by atoms with E-state index in [0.717, 1.165) is 35.9 Å². The molecule has 4 aromatic carbocycles. The second-order valence-corrected chi connectivity index (χ2v) is 9.78. The number of anilines is 3. The summed E-state index contributed by atoms with van der Waals surface area (Å²) in [4.78, 5) is 8.06. The molecule has 4 nitrogen and oxygen atoms in total. The third-order valence-corrected chi connectivity index (χ3v) is 7.88. The molecule has 0 saturated carbocycles. The number of hydrogen-bond acceptors (Lipinski definition) is 4. The third-order valence-electron chi connectivity index (χ3n) is 6.67. The zero-order valence-corrected chi connectivity index (χ0v) is 19.8. The Morgan fingerprint density at radius 3 is 2.09 bits per heavy atom. The number of nitrogens with zero attached hydrogens (tertiary/aromatic N) is 4. The third kappa shape index (κ3) is 3.44. The Morgan fingerprint density at radius 1 is 0.714 bits per heavy atom. The van der Waals surface area contributed by atoms with Crippen LogP contribution < -0.4 is 4.90 Å². The summed E-state index contributed by atoms with van der Waals surface area (Å²) in [7, 11) is 0. The summed E-state index contributed by atoms with van der Waals surface area (Å²) in [5, 5.41) is 5.71. The fourth-order valence-electron chi connectivity index (χ4n) is 4.98. The van der Waals surface area contributed by atoms with Crippen molar-refractivity contribution in [2.75, 3.05) is 4.90 Å². The van der Waals surface area contributed by atoms with Crippen molar-refractivity contribution in [3.63, 3.8) is 0 Å². The zero-order chi connectivity index (χ0) is 23.2. The molecule has 0 spiro atoms. The van der Waals surface area contributed by atoms with Crippen molar-refractivity contribution in [1.29, 1.82) is 0 Å². The van der Waals surface area contributed by atoms with E-state index in [0.29, 0.717) is 0 Å². The molecule has 0 N–H and O–H groups in total. The van der Waals surface area contributed by atoms with Gasteiger partial charge in [-0.1, -0.05) is 54.6 Å². The van der Waals surface area contributed by atoms with Gasteiger partial charge in [-0.2, -0.15) is 5.10 Å². The molecule has 7 rings (SSSR count). The average molecular weight is 471 g/mol. The van der Waals surface area contributed by atoms with Crippen molar-refractivity contribution in [1.82, 2.24) is 14.8 Å². The lowest BCUT2D eigenvalue weighted by Gasteiger charge is -2.25. The van der Waals surface area contributed by atoms with Gasteiger partial charge in [-0.25, -0.2) is 9.67 Å². The molecule has 0 atom stereocenters. The normalized spacial score (nSPS) is 12.3. The molecule has 6 aromatic rings. The van der Waals surface area contributed by atoms with Crippen molar-refractivity contribution in [3.05, 3.63) is 115 Å². The minimum absolute atomic E-state index is 0.891. The summed E-state index contributed by atoms with van der Waals surface area (Å²) in [6, 6.07) is 36.7. The van der Waals surface area contributed by atoms with Crippen molar-refractivity contribution in [2.24, 2.45) is 0 Å². The van der Waals surface area contributed by atoms with Crippen molar-refractivity contribution in [3.8, 4) is 21.8 Å². The van der Waals surface area contributed by atoms with Crippen LogP contribution >= 0.6 is 11.3 Å². The minimum atomic E-state index is 0.891. The Bertz CT molecular complexity index is 1590. The Kier molecular flexibility index (Phi) is 4.74. The van der Waals surface area contributed by atoms with E-state index < -0.39 is 0 Å². The van der Waals surface area contributed by atoms with E-state index in [2.05, 4.69) is 118 Å². The molecule has 35 heavy (non-hydrogen) atoms. The van der Waals surface area contributed by atoms with Gasteiger partial charge in [0.05, 0.1) is 4.88 Å². The number of rotatable bonds is 4. The summed E-state index contributed by atoms with van der Waals surface area (Å²) in [5.41, 5.74) is 7.29. The lowest BCUT2D eigenvalue weighted by Crippen LogP contribution is -2.10. The van der Waals surface area contributed by atoms with Crippen LogP contribution in [0.1, 0.15) is 5.56 Å². The number of aryl methyl sites for hydroxylation is 2. The molecule has 168 valence electrons. The van der Waals surface area contributed by atoms with Gasteiger partial charge in [0.2, 0.25) is 0 Å². The fraction of sp³-hybridized carbons (Fsp3) is 0.0667. The van der Waals surface area contributed by atoms with Gasteiger partial charge in [0, 0.05) is 28.3 Å². The molecule has 2 aromatic heterocycles. The Morgan fingerprint density at radius 2 is 1.37 bits per heavy atom. The van der Waals surface area contributed by atoms with Crippen LogP contribution in [-0.2, 0) is 13.0 Å². The van der Waals surface area contributed by atoms with Gasteiger partial charge in [0.25, 0.3) is 0 Å². The molecule has 1 aliphatic heterocycles. The molecule has 0 bridgehead atoms. The van der Waals surface area contributed by atoms with E-state index in [-0.39, 0.29) is 0 Å². The maximum atomic E-state index is 4.51. The number of benzene rings is 4. The predicted molar refractivity (Wildman–Crippen MR) is 145 cm³/mol. The quantitative estimate of drug-likeness (QED) is 0.263. The van der Waals surface area contributed by atoms with Gasteiger partial charge in [0.15, 0.2) is 5.82 Å². The van der Waals surface area contributed by atoms with Crippen molar-refractivity contribution >= 4 is 38.5 Å². The van der Waals surface area contributed by atoms with E-state index in [1.807, 2.05) is 16.0 Å². The fourth-order valence-corrected chi connectivity index (χ4v) is 6.22. The highest BCUT2D eigenvalue weighted by molar-refractivity contribution is 7.22. The van der Waals surface area contributed by atoms with Crippen LogP contribution in [0, 0.1) is 0 Å². The van der Waals surface area contributed by atoms with Gasteiger partial charge in [-0.05, 0) is 77.0 Å². The highest BCUT2D eigenvalue weighted by atomic mass is 32.1. The van der Waals surface area contributed by atoms with E-state index in [1.54, 1.807) is 6.33 Å². The molecular formula is C30H22N4S. The second-order valence-electron chi connectivity index (χ2n) is 8.73. The predicted octanol–water partition coefficient (Wildman–Crippen LogP) is 7.85. The first kappa shape index (κ1) is 20.2. The molecule has 0 unspecified atom stereocenters. The largest absolute Gasteiger partial charge is 0.311 e. The van der Waals surface area contributed by atoms with Crippen LogP contribution in [0.2, 0.25) is 0 Å². The lowest BCUT2D eigenvalue weighted by atomic mass is 9.99. The lowest BCUT2D eigenvalue weighted by molar-refractivity contribution is 0.610. The maximum absolute atomic E-state index is 4.51. The molecule has 0 saturated heterocycles. The van der Waals surface area contributed by atoms with Gasteiger partial charge < -0.3 is 4.90 Å². The molecule has 0 aliphatic carbocycles. The van der Waals surface area contributed by atoms with E-state index in [9.17, 15) is 0 Å². The molecule has 1 aliphatic rings. The number of fused-ring (bicyclic) bond motifs is 5. The number of hydrogen-bond donors (Lipinski definition) is 0. The van der Waals surface area contributed by atoms with Gasteiger partial charge in [0.1, 0.15) is 6.33 Å². The maximum Gasteiger partial charge on any atom is 0.168 e. The van der Waals surface area contributed by atoms with E-state index >= 15 is 0 Å². The summed E-state index contributed by atoms with van der Waals surface area (Å²) >= 11 is 1.82. The first-order chi connectivity index (χ1) is 17.3. The topological polar surface area (TPSA) is 34.0 Å². The van der Waals surface area contributed by atoms with Gasteiger partial charge in [-0.15, -0.1) is 11.3 Å². The first-order valence-corrected chi connectivity index (χ1v) is 12.6. The molecule has 0 amide bonds. The molecule has 0 radical (unpaired) electrons. The highest BCUT2D eigenvalue weighted by Gasteiger charge is 2.23. The second kappa shape index (κ2) is 8.22. The van der Waals surface area contributed by atoms with Gasteiger partial charge in [-0.3, -0.25) is 0 Å². The van der Waals surface area contributed by atoms with Crippen LogP contribution in [0.15, 0.2) is 109 Å². The SMILES string of the molecule is c1ccc(N(c2ccccc2)c2ccc(-c3ccc4sc5c(c4c3)CCn3ncnc3-5)cc2)cc1. The smallest absolute Gasteiger partial charge is 0.168 e. The summed E-state index contributed by atoms with van der Waals surface area (Å²) in [5.74, 6) is 1.00. The Balaban J connectivity index is 1.27. The Labute approximate surface area is 207 Å². The number of para-hydroxylation sites is 2. The minimum Gasteiger partial charge on any atom is -0.311 e. The van der Waals surface area contributed by atoms with Crippen molar-refractivity contribution < 1.29 is 0 Å². The zero-order valence-electron chi connectivity index (χ0n) is 19.0. The Hall–Kier alpha value is -4.22. The number of thiophene rings is 1. The monoisotopic (exact) mass is 470 g/mol. The van der Waals surface area contributed by atoms with Crippen LogP contribution in [0.5, 0.6) is 0 Å². The molecule has 3 heterocycles. The molecule has 5 heteroatoms. The standard InChI is InChI=1S/C30H22N4S/c1-3-7-23(8-4-1)34(24-9-5-2-6-10-24)25-14-11-21(12-15-25)22-13-16-28-27(19-22)26-17-18-33-30(29(26)35-28)31-20-32-33/h1-16,19-20H,17-18H2. The van der Waals surface area contributed by atoms with Crippen LogP contribution in [-0.4, -0.2) is 14.8 Å². The van der Waals surface area contributed by atoms with Crippen LogP contribution in [0.3, 0.4) is 0 Å². The average Bonchev–Trinajstić information content (AvgIpc) is 3.55. The van der Waals surface area contributed by atoms with E-state index in [1.165, 1.54) is 31.7 Å². The molecule has 0 fully saturated rings. The summed E-state index contributed by atoms with van der Waals surface area (Å²) in [6.45, 7) is 0.891. The number of aromatic nitrogens is 3. The summed E-state index contributed by atoms with van der Waals surface area (Å²) < 4.78 is 3.33. The van der Waals surface area contributed by atoms with Crippen LogP contribution in [0.4, 0.5) is 17.1 Å². The molecular weight excluding hydrogens is 448 g/mol. The van der Waals surface area contributed by atoms with E-state index in [4.69, 9.17) is 0 Å². The first-order valence-electron chi connectivity index (χ1n) is 11.8. The summed E-state index contributed by atoms with van der Waals surface area (Å²) in [6.07, 6.45) is 2.66.